The van der Waals surface area contributed by atoms with E-state index in [2.05, 4.69) is 5.32 Å². The molecule has 0 bridgehead atoms. The van der Waals surface area contributed by atoms with Crippen molar-refractivity contribution in [2.75, 3.05) is 30.8 Å². The monoisotopic (exact) mass is 499 g/mol. The number of carbonyl (C=O) groups excluding carboxylic acids is 1. The van der Waals surface area contributed by atoms with Crippen LogP contribution in [-0.4, -0.2) is 51.8 Å². The number of nitro benzene ring substituents is 1. The van der Waals surface area contributed by atoms with E-state index in [0.29, 0.717) is 10.8 Å². The SMILES string of the molecule is CCC(C(=O)NCCOc1ccc(C)c(Cl)c1)N(c1cc([N+](=O)[O-])ccc1OC)S(C)(=O)=O. The lowest BCUT2D eigenvalue weighted by Gasteiger charge is -2.30. The Morgan fingerprint density at radius 3 is 2.52 bits per heavy atom. The van der Waals surface area contributed by atoms with Crippen molar-refractivity contribution in [3.63, 3.8) is 0 Å². The number of hydrogen-bond donors (Lipinski definition) is 1. The first kappa shape index (κ1) is 26.2. The number of nitrogens with one attached hydrogen (secondary N) is 1. The molecule has 0 heterocycles. The predicted octanol–water partition coefficient (Wildman–Crippen LogP) is 3.31. The van der Waals surface area contributed by atoms with Gasteiger partial charge < -0.3 is 14.8 Å². The number of anilines is 1. The lowest BCUT2D eigenvalue weighted by Crippen LogP contribution is -2.50. The molecular weight excluding hydrogens is 474 g/mol. The van der Waals surface area contributed by atoms with Crippen molar-refractivity contribution in [2.24, 2.45) is 0 Å². The van der Waals surface area contributed by atoms with Gasteiger partial charge in [0, 0.05) is 17.2 Å². The van der Waals surface area contributed by atoms with E-state index < -0.39 is 26.9 Å². The Hall–Kier alpha value is -3.05. The summed E-state index contributed by atoms with van der Waals surface area (Å²) in [6.07, 6.45) is 1.03. The zero-order valence-electron chi connectivity index (χ0n) is 18.7. The standard InChI is InChI=1S/C21H26ClN3O7S/c1-5-18(21(26)23-10-11-32-16-8-6-14(2)17(22)13-16)24(33(4,29)30)19-12-15(25(27)28)7-9-20(19)31-3/h6-9,12-13,18H,5,10-11H2,1-4H3,(H,23,26). The van der Waals surface area contributed by atoms with Crippen LogP contribution in [0.15, 0.2) is 36.4 Å². The number of benzene rings is 2. The third-order valence-electron chi connectivity index (χ3n) is 4.75. The Kier molecular flexibility index (Phi) is 8.89. The van der Waals surface area contributed by atoms with Crippen molar-refractivity contribution in [2.45, 2.75) is 26.3 Å². The molecule has 2 aromatic rings. The molecule has 0 saturated heterocycles. The molecule has 0 radical (unpaired) electrons. The quantitative estimate of drug-likeness (QED) is 0.285. The number of rotatable bonds is 11. The number of halogens is 1. The molecule has 0 saturated carbocycles. The molecule has 1 amide bonds. The smallest absolute Gasteiger partial charge is 0.271 e. The van der Waals surface area contributed by atoms with Gasteiger partial charge >= 0.3 is 0 Å². The normalized spacial score (nSPS) is 12.0. The molecule has 33 heavy (non-hydrogen) atoms. The number of sulfonamides is 1. The summed E-state index contributed by atoms with van der Waals surface area (Å²) in [5.41, 5.74) is 0.474. The number of nitrogens with zero attached hydrogens (tertiary/aromatic N) is 2. The van der Waals surface area contributed by atoms with Gasteiger partial charge in [-0.15, -0.1) is 0 Å². The summed E-state index contributed by atoms with van der Waals surface area (Å²) in [6.45, 7) is 3.73. The summed E-state index contributed by atoms with van der Waals surface area (Å²) in [5.74, 6) is 0.0323. The van der Waals surface area contributed by atoms with E-state index in [1.165, 1.54) is 19.2 Å². The average Bonchev–Trinajstić information content (AvgIpc) is 2.75. The van der Waals surface area contributed by atoms with E-state index in [-0.39, 0.29) is 36.7 Å². The molecule has 2 aromatic carbocycles. The molecule has 0 aromatic heterocycles. The molecule has 1 N–H and O–H groups in total. The molecule has 2 rings (SSSR count). The molecule has 12 heteroatoms. The zero-order chi connectivity index (χ0) is 24.8. The van der Waals surface area contributed by atoms with Crippen LogP contribution in [0.5, 0.6) is 11.5 Å². The van der Waals surface area contributed by atoms with Crippen molar-refractivity contribution in [1.82, 2.24) is 5.32 Å². The largest absolute Gasteiger partial charge is 0.495 e. The van der Waals surface area contributed by atoms with Crippen LogP contribution >= 0.6 is 11.6 Å². The number of aryl methyl sites for hydroxylation is 1. The summed E-state index contributed by atoms with van der Waals surface area (Å²) in [4.78, 5) is 23.5. The first-order chi connectivity index (χ1) is 15.5. The van der Waals surface area contributed by atoms with Crippen molar-refractivity contribution < 1.29 is 27.6 Å². The van der Waals surface area contributed by atoms with Gasteiger partial charge in [-0.05, 0) is 37.1 Å². The van der Waals surface area contributed by atoms with Gasteiger partial charge in [-0.25, -0.2) is 8.42 Å². The number of amides is 1. The Labute approximate surface area is 197 Å². The van der Waals surface area contributed by atoms with Gasteiger partial charge in [0.25, 0.3) is 5.69 Å². The highest BCUT2D eigenvalue weighted by atomic mass is 35.5. The van der Waals surface area contributed by atoms with Crippen LogP contribution in [0.1, 0.15) is 18.9 Å². The maximum atomic E-state index is 12.9. The summed E-state index contributed by atoms with van der Waals surface area (Å²) in [5, 5.41) is 14.4. The maximum Gasteiger partial charge on any atom is 0.271 e. The number of nitro groups is 1. The third kappa shape index (κ3) is 6.72. The van der Waals surface area contributed by atoms with Crippen molar-refractivity contribution in [3.05, 3.63) is 57.1 Å². The second kappa shape index (κ2) is 11.2. The van der Waals surface area contributed by atoms with Gasteiger partial charge in [0.05, 0.1) is 24.8 Å². The van der Waals surface area contributed by atoms with Gasteiger partial charge in [-0.2, -0.15) is 0 Å². The van der Waals surface area contributed by atoms with Crippen LogP contribution in [0.4, 0.5) is 11.4 Å². The molecule has 0 aliphatic heterocycles. The van der Waals surface area contributed by atoms with Crippen LogP contribution in [0.25, 0.3) is 0 Å². The lowest BCUT2D eigenvalue weighted by atomic mass is 10.1. The maximum absolute atomic E-state index is 12.9. The van der Waals surface area contributed by atoms with E-state index in [0.717, 1.165) is 22.2 Å². The molecule has 0 spiro atoms. The van der Waals surface area contributed by atoms with Crippen molar-refractivity contribution >= 4 is 38.9 Å². The number of ether oxygens (including phenoxy) is 2. The predicted molar refractivity (Wildman–Crippen MR) is 126 cm³/mol. The molecule has 0 fully saturated rings. The summed E-state index contributed by atoms with van der Waals surface area (Å²) >= 11 is 6.06. The van der Waals surface area contributed by atoms with E-state index in [4.69, 9.17) is 21.1 Å². The Morgan fingerprint density at radius 2 is 1.97 bits per heavy atom. The van der Waals surface area contributed by atoms with Gasteiger partial charge in [0.1, 0.15) is 29.8 Å². The molecule has 180 valence electrons. The Bertz CT molecular complexity index is 1120. The van der Waals surface area contributed by atoms with Gasteiger partial charge in [0.2, 0.25) is 15.9 Å². The second-order valence-corrected chi connectivity index (χ2v) is 9.41. The van der Waals surface area contributed by atoms with Gasteiger partial charge in [-0.1, -0.05) is 24.6 Å². The number of carbonyl (C=O) groups is 1. The average molecular weight is 500 g/mol. The third-order valence-corrected chi connectivity index (χ3v) is 6.33. The van der Waals surface area contributed by atoms with Gasteiger partial charge in [0.15, 0.2) is 0 Å². The topological polar surface area (TPSA) is 128 Å². The van der Waals surface area contributed by atoms with E-state index in [1.807, 2.05) is 6.92 Å². The number of non-ortho nitro benzene ring substituents is 1. The Balaban J connectivity index is 2.21. The number of hydrogen-bond acceptors (Lipinski definition) is 7. The zero-order valence-corrected chi connectivity index (χ0v) is 20.3. The van der Waals surface area contributed by atoms with Crippen LogP contribution in [0.3, 0.4) is 0 Å². The van der Waals surface area contributed by atoms with Crippen LogP contribution in [0.2, 0.25) is 5.02 Å². The second-order valence-electron chi connectivity index (χ2n) is 7.15. The fourth-order valence-corrected chi connectivity index (χ4v) is 4.50. The highest BCUT2D eigenvalue weighted by Gasteiger charge is 2.34. The van der Waals surface area contributed by atoms with Crippen LogP contribution < -0.4 is 19.1 Å². The highest BCUT2D eigenvalue weighted by molar-refractivity contribution is 7.92. The summed E-state index contributed by atoms with van der Waals surface area (Å²) < 4.78 is 36.9. The van der Waals surface area contributed by atoms with E-state index in [1.54, 1.807) is 25.1 Å². The van der Waals surface area contributed by atoms with Crippen molar-refractivity contribution in [3.8, 4) is 11.5 Å². The van der Waals surface area contributed by atoms with E-state index >= 15 is 0 Å². The van der Waals surface area contributed by atoms with Gasteiger partial charge in [-0.3, -0.25) is 19.2 Å². The first-order valence-corrected chi connectivity index (χ1v) is 12.2. The van der Waals surface area contributed by atoms with Crippen LogP contribution in [-0.2, 0) is 14.8 Å². The minimum atomic E-state index is -4.01. The molecule has 0 aliphatic rings. The summed E-state index contributed by atoms with van der Waals surface area (Å²) in [6, 6.07) is 7.60. The summed E-state index contributed by atoms with van der Waals surface area (Å²) in [7, 11) is -2.70. The molecule has 10 nitrogen and oxygen atoms in total. The van der Waals surface area contributed by atoms with Crippen LogP contribution in [0, 0.1) is 17.0 Å². The molecule has 1 unspecified atom stereocenters. The molecular formula is C21H26ClN3O7S. The highest BCUT2D eigenvalue weighted by Crippen LogP contribution is 2.35. The number of methoxy groups -OCH3 is 1. The minimum absolute atomic E-state index is 0.0804. The lowest BCUT2D eigenvalue weighted by molar-refractivity contribution is -0.384. The minimum Gasteiger partial charge on any atom is -0.495 e. The fraction of sp³-hybridized carbons (Fsp3) is 0.381. The van der Waals surface area contributed by atoms with Crippen molar-refractivity contribution in [1.29, 1.82) is 0 Å². The molecule has 0 aliphatic carbocycles. The first-order valence-electron chi connectivity index (χ1n) is 9.98. The Morgan fingerprint density at radius 1 is 1.27 bits per heavy atom. The molecule has 1 atom stereocenters. The van der Waals surface area contributed by atoms with E-state index in [9.17, 15) is 23.3 Å². The fourth-order valence-electron chi connectivity index (χ4n) is 3.12.